The number of methoxy groups -OCH3 is 1. The molecule has 3 heteroatoms. The third-order valence-corrected chi connectivity index (χ3v) is 7.07. The average molecular weight is 397 g/mol. The minimum atomic E-state index is -0.730. The lowest BCUT2D eigenvalue weighted by molar-refractivity contribution is 0.132. The number of allylic oxidation sites excluding steroid dienone is 2. The second-order valence-corrected chi connectivity index (χ2v) is 8.69. The van der Waals surface area contributed by atoms with Crippen molar-refractivity contribution < 1.29 is 13.5 Å². The van der Waals surface area contributed by atoms with Gasteiger partial charge in [-0.1, -0.05) is 36.4 Å². The Morgan fingerprint density at radius 2 is 1.59 bits per heavy atom. The average Bonchev–Trinajstić information content (AvgIpc) is 2.76. The van der Waals surface area contributed by atoms with E-state index in [1.807, 2.05) is 6.07 Å². The number of rotatable bonds is 4. The molecule has 2 aliphatic rings. The van der Waals surface area contributed by atoms with Gasteiger partial charge in [0.25, 0.3) is 0 Å². The van der Waals surface area contributed by atoms with Crippen LogP contribution in [0.5, 0.6) is 5.75 Å². The van der Waals surface area contributed by atoms with E-state index in [-0.39, 0.29) is 5.92 Å². The summed E-state index contributed by atoms with van der Waals surface area (Å²) in [5, 5.41) is 0. The molecule has 0 N–H and O–H groups in total. The van der Waals surface area contributed by atoms with Gasteiger partial charge < -0.3 is 4.74 Å². The monoisotopic (exact) mass is 396 g/mol. The van der Waals surface area contributed by atoms with Gasteiger partial charge in [-0.15, -0.1) is 0 Å². The summed E-state index contributed by atoms with van der Waals surface area (Å²) in [6.45, 7) is 2.09. The van der Waals surface area contributed by atoms with Gasteiger partial charge in [0.15, 0.2) is 11.6 Å². The first-order chi connectivity index (χ1) is 14.1. The van der Waals surface area contributed by atoms with E-state index in [1.54, 1.807) is 37.4 Å². The van der Waals surface area contributed by atoms with Crippen LogP contribution in [0.15, 0.2) is 48.6 Å². The zero-order valence-electron chi connectivity index (χ0n) is 17.3. The van der Waals surface area contributed by atoms with E-state index in [2.05, 4.69) is 19.1 Å². The van der Waals surface area contributed by atoms with Crippen LogP contribution in [0.3, 0.4) is 0 Å². The molecular weight excluding hydrogens is 366 g/mol. The smallest absolute Gasteiger partial charge is 0.166 e. The topological polar surface area (TPSA) is 9.23 Å². The molecule has 2 aliphatic carbocycles. The molecule has 0 radical (unpaired) electrons. The maximum Gasteiger partial charge on any atom is 0.166 e. The SMILES string of the molecule is C/C=C/C1CCC2CC(c3ccc(-c4ccc(OC)cc4)c(F)c3F)CCC2C1. The number of halogens is 2. The molecule has 4 rings (SSSR count). The quantitative estimate of drug-likeness (QED) is 0.486. The van der Waals surface area contributed by atoms with E-state index < -0.39 is 11.6 Å². The Kier molecular flexibility index (Phi) is 6.03. The first-order valence-electron chi connectivity index (χ1n) is 10.9. The molecule has 2 aromatic carbocycles. The summed E-state index contributed by atoms with van der Waals surface area (Å²) in [5.41, 5.74) is 1.54. The van der Waals surface area contributed by atoms with Crippen LogP contribution in [0, 0.1) is 29.4 Å². The minimum Gasteiger partial charge on any atom is -0.497 e. The molecule has 4 unspecified atom stereocenters. The predicted molar refractivity (Wildman–Crippen MR) is 114 cm³/mol. The number of hydrogen-bond acceptors (Lipinski definition) is 1. The summed E-state index contributed by atoms with van der Waals surface area (Å²) in [5.74, 6) is 1.54. The lowest BCUT2D eigenvalue weighted by Crippen LogP contribution is -2.30. The molecule has 0 bridgehead atoms. The highest BCUT2D eigenvalue weighted by molar-refractivity contribution is 5.65. The van der Waals surface area contributed by atoms with E-state index >= 15 is 4.39 Å². The molecule has 0 amide bonds. The van der Waals surface area contributed by atoms with Gasteiger partial charge in [0.1, 0.15) is 5.75 Å². The predicted octanol–water partition coefficient (Wildman–Crippen LogP) is 7.52. The Morgan fingerprint density at radius 1 is 0.862 bits per heavy atom. The van der Waals surface area contributed by atoms with E-state index in [0.29, 0.717) is 34.3 Å². The number of ether oxygens (including phenoxy) is 1. The number of hydrogen-bond donors (Lipinski definition) is 0. The molecule has 4 atom stereocenters. The lowest BCUT2D eigenvalue weighted by Gasteiger charge is -2.42. The summed E-state index contributed by atoms with van der Waals surface area (Å²) < 4.78 is 35.1. The highest BCUT2D eigenvalue weighted by Gasteiger charge is 2.36. The Labute approximate surface area is 172 Å². The van der Waals surface area contributed by atoms with Gasteiger partial charge >= 0.3 is 0 Å². The van der Waals surface area contributed by atoms with Gasteiger partial charge in [0, 0.05) is 5.56 Å². The second-order valence-electron chi connectivity index (χ2n) is 8.69. The summed E-state index contributed by atoms with van der Waals surface area (Å²) in [7, 11) is 1.59. The van der Waals surface area contributed by atoms with Crippen molar-refractivity contribution in [3.8, 4) is 16.9 Å². The zero-order valence-corrected chi connectivity index (χ0v) is 17.3. The van der Waals surface area contributed by atoms with Crippen molar-refractivity contribution in [2.75, 3.05) is 7.11 Å². The Balaban J connectivity index is 1.52. The van der Waals surface area contributed by atoms with Crippen LogP contribution < -0.4 is 4.74 Å². The Hall–Kier alpha value is -2.16. The summed E-state index contributed by atoms with van der Waals surface area (Å²) in [6.07, 6.45) is 11.3. The van der Waals surface area contributed by atoms with Crippen LogP contribution in [0.4, 0.5) is 8.78 Å². The molecule has 2 saturated carbocycles. The number of benzene rings is 2. The molecule has 0 saturated heterocycles. The van der Waals surface area contributed by atoms with Gasteiger partial charge in [0.2, 0.25) is 0 Å². The first-order valence-corrected chi connectivity index (χ1v) is 10.9. The van der Waals surface area contributed by atoms with Gasteiger partial charge in [-0.3, -0.25) is 0 Å². The fourth-order valence-corrected chi connectivity index (χ4v) is 5.53. The molecule has 0 aliphatic heterocycles. The standard InChI is InChI=1S/C26H30F2O/c1-3-4-17-5-6-20-16-21(8-7-19(20)15-17)24-14-13-23(25(27)26(24)28)18-9-11-22(29-2)12-10-18/h3-4,9-14,17,19-21H,5-8,15-16H2,1-2H3/b4-3+. The van der Waals surface area contributed by atoms with E-state index in [1.165, 1.54) is 19.3 Å². The van der Waals surface area contributed by atoms with E-state index in [4.69, 9.17) is 4.74 Å². The zero-order chi connectivity index (χ0) is 20.4. The summed E-state index contributed by atoms with van der Waals surface area (Å²) in [6, 6.07) is 10.6. The molecule has 29 heavy (non-hydrogen) atoms. The largest absolute Gasteiger partial charge is 0.497 e. The highest BCUT2D eigenvalue weighted by atomic mass is 19.2. The molecule has 154 valence electrons. The second kappa shape index (κ2) is 8.69. The third kappa shape index (κ3) is 4.10. The molecule has 2 fully saturated rings. The summed E-state index contributed by atoms with van der Waals surface area (Å²) in [4.78, 5) is 0. The molecule has 1 nitrogen and oxygen atoms in total. The van der Waals surface area contributed by atoms with Gasteiger partial charge in [-0.05, 0) is 92.4 Å². The Bertz CT molecular complexity index is 871. The van der Waals surface area contributed by atoms with E-state index in [9.17, 15) is 4.39 Å². The van der Waals surface area contributed by atoms with Gasteiger partial charge in [-0.2, -0.15) is 0 Å². The highest BCUT2D eigenvalue weighted by Crippen LogP contribution is 2.48. The summed E-state index contributed by atoms with van der Waals surface area (Å²) >= 11 is 0. The molecule has 0 aromatic heterocycles. The fourth-order valence-electron chi connectivity index (χ4n) is 5.53. The third-order valence-electron chi connectivity index (χ3n) is 7.07. The Morgan fingerprint density at radius 3 is 2.31 bits per heavy atom. The van der Waals surface area contributed by atoms with Crippen molar-refractivity contribution >= 4 is 0 Å². The van der Waals surface area contributed by atoms with Crippen LogP contribution in [0.2, 0.25) is 0 Å². The van der Waals surface area contributed by atoms with Crippen molar-refractivity contribution in [3.63, 3.8) is 0 Å². The van der Waals surface area contributed by atoms with Crippen LogP contribution in [0.1, 0.15) is 56.9 Å². The van der Waals surface area contributed by atoms with Crippen LogP contribution in [-0.2, 0) is 0 Å². The molecule has 0 heterocycles. The van der Waals surface area contributed by atoms with Crippen molar-refractivity contribution in [2.45, 2.75) is 51.4 Å². The minimum absolute atomic E-state index is 0.133. The first kappa shape index (κ1) is 20.1. The maximum absolute atomic E-state index is 15.1. The van der Waals surface area contributed by atoms with Crippen LogP contribution in [-0.4, -0.2) is 7.11 Å². The normalized spacial score (nSPS) is 27.0. The van der Waals surface area contributed by atoms with Gasteiger partial charge in [0.05, 0.1) is 7.11 Å². The molecule has 2 aromatic rings. The fraction of sp³-hybridized carbons (Fsp3) is 0.462. The maximum atomic E-state index is 15.1. The van der Waals surface area contributed by atoms with Gasteiger partial charge in [-0.25, -0.2) is 8.78 Å². The van der Waals surface area contributed by atoms with Crippen LogP contribution in [0.25, 0.3) is 11.1 Å². The molecular formula is C26H30F2O. The van der Waals surface area contributed by atoms with Crippen molar-refractivity contribution in [1.82, 2.24) is 0 Å². The van der Waals surface area contributed by atoms with Crippen molar-refractivity contribution in [1.29, 1.82) is 0 Å². The van der Waals surface area contributed by atoms with Crippen molar-refractivity contribution in [3.05, 3.63) is 65.7 Å². The van der Waals surface area contributed by atoms with E-state index in [0.717, 1.165) is 25.2 Å². The van der Waals surface area contributed by atoms with Crippen LogP contribution >= 0.6 is 0 Å². The van der Waals surface area contributed by atoms with Crippen molar-refractivity contribution in [2.24, 2.45) is 17.8 Å². The lowest BCUT2D eigenvalue weighted by atomic mass is 9.64. The molecule has 0 spiro atoms. The number of fused-ring (bicyclic) bond motifs is 1.